The lowest BCUT2D eigenvalue weighted by atomic mass is 9.82. The second kappa shape index (κ2) is 11.1. The van der Waals surface area contributed by atoms with Crippen LogP contribution in [0.3, 0.4) is 0 Å². The van der Waals surface area contributed by atoms with Gasteiger partial charge in [-0.05, 0) is 89.5 Å². The van der Waals surface area contributed by atoms with Crippen LogP contribution in [0.15, 0.2) is 186 Å². The van der Waals surface area contributed by atoms with Gasteiger partial charge in [-0.25, -0.2) is 0 Å². The first-order valence-corrected chi connectivity index (χ1v) is 16.8. The van der Waals surface area contributed by atoms with E-state index in [2.05, 4.69) is 152 Å². The average Bonchev–Trinajstić information content (AvgIpc) is 3.57. The number of hydrogen-bond acceptors (Lipinski definition) is 1. The second-order valence-electron chi connectivity index (χ2n) is 12.7. The zero-order valence-corrected chi connectivity index (χ0v) is 26.7. The normalized spacial score (nSPS) is 12.0. The van der Waals surface area contributed by atoms with Crippen LogP contribution in [0.4, 0.5) is 0 Å². The van der Waals surface area contributed by atoms with Gasteiger partial charge in [0.1, 0.15) is 11.2 Å². The van der Waals surface area contributed by atoms with Gasteiger partial charge >= 0.3 is 0 Å². The lowest BCUT2D eigenvalue weighted by Gasteiger charge is -2.20. The summed E-state index contributed by atoms with van der Waals surface area (Å²) in [5.74, 6) is 0. The van der Waals surface area contributed by atoms with Crippen LogP contribution in [0.5, 0.6) is 0 Å². The Bertz CT molecular complexity index is 2880. The van der Waals surface area contributed by atoms with Crippen molar-refractivity contribution in [3.63, 3.8) is 0 Å². The highest BCUT2D eigenvalue weighted by Gasteiger charge is 2.23. The second-order valence-corrected chi connectivity index (χ2v) is 12.7. The van der Waals surface area contributed by atoms with Crippen molar-refractivity contribution in [2.75, 3.05) is 0 Å². The van der Waals surface area contributed by atoms with Crippen molar-refractivity contribution in [3.05, 3.63) is 182 Å². The predicted octanol–water partition coefficient (Wildman–Crippen LogP) is 13.7. The Hall–Kier alpha value is -6.44. The Kier molecular flexibility index (Phi) is 6.02. The number of para-hydroxylation sites is 1. The maximum absolute atomic E-state index is 8.09. The van der Waals surface area contributed by atoms with E-state index in [0.29, 0.717) is 6.04 Å². The summed E-state index contributed by atoms with van der Waals surface area (Å²) in [5, 5.41) is 9.30. The average molecular weight is 624 g/mol. The van der Waals surface area contributed by atoms with Crippen molar-refractivity contribution in [1.82, 2.24) is 0 Å². The van der Waals surface area contributed by atoms with Crippen LogP contribution >= 0.6 is 0 Å². The standard InChI is InChI=1S/C48H30O/c1-2-15-32(16-3-1)36-28-29-43(47-42-24-12-13-25-44(42)49-48(36)47)46-40-22-10-8-20-38(40)45(39-21-9-11-23-41(39)46)37-19-7-6-18-35(37)34-27-26-31-14-4-5-17-33(31)30-34/h1-30H/i4D. The molecule has 0 aliphatic rings. The molecule has 49 heavy (non-hydrogen) atoms. The van der Waals surface area contributed by atoms with Gasteiger partial charge in [0.2, 0.25) is 0 Å². The molecule has 1 nitrogen and oxygen atoms in total. The minimum Gasteiger partial charge on any atom is -0.455 e. The van der Waals surface area contributed by atoms with Gasteiger partial charge in [0, 0.05) is 16.3 Å². The monoisotopic (exact) mass is 623 g/mol. The SMILES string of the molecule is [2H]c1ccc2cc(-c3ccccc3-c3c4ccccc4c(-c4ccc(-c5ccccc5)c5oc6ccccc6c45)c4ccccc34)ccc2c1. The zero-order chi connectivity index (χ0) is 33.2. The van der Waals surface area contributed by atoms with Crippen molar-refractivity contribution in [3.8, 4) is 44.5 Å². The van der Waals surface area contributed by atoms with Gasteiger partial charge in [0.15, 0.2) is 0 Å². The van der Waals surface area contributed by atoms with E-state index in [1.54, 1.807) is 0 Å². The van der Waals surface area contributed by atoms with Crippen molar-refractivity contribution in [1.29, 1.82) is 0 Å². The topological polar surface area (TPSA) is 13.1 Å². The Balaban J connectivity index is 1.29. The minimum atomic E-state index is 0.527. The number of rotatable bonds is 4. The Morgan fingerprint density at radius 3 is 1.69 bits per heavy atom. The summed E-state index contributed by atoms with van der Waals surface area (Å²) in [6, 6.07) is 62.9. The minimum absolute atomic E-state index is 0.527. The van der Waals surface area contributed by atoms with E-state index in [1.807, 2.05) is 24.3 Å². The lowest BCUT2D eigenvalue weighted by Crippen LogP contribution is -1.93. The van der Waals surface area contributed by atoms with Crippen molar-refractivity contribution in [2.24, 2.45) is 0 Å². The van der Waals surface area contributed by atoms with E-state index in [9.17, 15) is 0 Å². The maximum atomic E-state index is 8.09. The fraction of sp³-hybridized carbons (Fsp3) is 0. The molecule has 0 N–H and O–H groups in total. The third kappa shape index (κ3) is 4.33. The first-order valence-electron chi connectivity index (χ1n) is 17.3. The molecule has 0 saturated carbocycles. The van der Waals surface area contributed by atoms with Gasteiger partial charge in [-0.1, -0.05) is 164 Å². The summed E-state index contributed by atoms with van der Waals surface area (Å²) in [6.07, 6.45) is 0. The van der Waals surface area contributed by atoms with Crippen molar-refractivity contribution >= 4 is 54.3 Å². The molecule has 1 heterocycles. The molecule has 1 aromatic heterocycles. The summed E-state index contributed by atoms with van der Waals surface area (Å²) >= 11 is 0. The smallest absolute Gasteiger partial charge is 0.143 e. The molecule has 0 radical (unpaired) electrons. The van der Waals surface area contributed by atoms with Gasteiger partial charge in [0.25, 0.3) is 0 Å². The van der Waals surface area contributed by atoms with E-state index < -0.39 is 0 Å². The number of hydrogen-bond donors (Lipinski definition) is 0. The van der Waals surface area contributed by atoms with E-state index in [1.165, 1.54) is 49.4 Å². The third-order valence-electron chi connectivity index (χ3n) is 10.0. The molecule has 0 atom stereocenters. The van der Waals surface area contributed by atoms with Gasteiger partial charge in [-0.3, -0.25) is 0 Å². The molecule has 0 bridgehead atoms. The number of fused-ring (bicyclic) bond motifs is 6. The van der Waals surface area contributed by atoms with Crippen LogP contribution in [-0.2, 0) is 0 Å². The van der Waals surface area contributed by atoms with Crippen LogP contribution in [0, 0.1) is 0 Å². The van der Waals surface area contributed by atoms with Crippen LogP contribution in [0.2, 0.25) is 0 Å². The molecule has 10 rings (SSSR count). The fourth-order valence-electron chi connectivity index (χ4n) is 7.84. The molecule has 10 aromatic rings. The Morgan fingerprint density at radius 2 is 0.959 bits per heavy atom. The molecule has 0 saturated heterocycles. The predicted molar refractivity (Wildman–Crippen MR) is 208 cm³/mol. The van der Waals surface area contributed by atoms with Gasteiger partial charge in [-0.15, -0.1) is 0 Å². The molecular weight excluding hydrogens is 593 g/mol. The quantitative estimate of drug-likeness (QED) is 0.178. The zero-order valence-electron chi connectivity index (χ0n) is 27.7. The largest absolute Gasteiger partial charge is 0.455 e. The summed E-state index contributed by atoms with van der Waals surface area (Å²) < 4.78 is 14.8. The molecule has 0 unspecified atom stereocenters. The maximum Gasteiger partial charge on any atom is 0.143 e. The van der Waals surface area contributed by atoms with Crippen molar-refractivity contribution in [2.45, 2.75) is 0 Å². The van der Waals surface area contributed by atoms with E-state index in [-0.39, 0.29) is 0 Å². The number of furan rings is 1. The summed E-state index contributed by atoms with van der Waals surface area (Å²) in [4.78, 5) is 0. The van der Waals surface area contributed by atoms with Crippen LogP contribution in [0.25, 0.3) is 98.8 Å². The van der Waals surface area contributed by atoms with Gasteiger partial charge in [0.05, 0.1) is 1.37 Å². The Labute approximate surface area is 285 Å². The Morgan fingerprint density at radius 1 is 0.367 bits per heavy atom. The highest BCUT2D eigenvalue weighted by atomic mass is 16.3. The van der Waals surface area contributed by atoms with E-state index in [0.717, 1.165) is 49.4 Å². The van der Waals surface area contributed by atoms with Crippen LogP contribution in [0.1, 0.15) is 1.37 Å². The van der Waals surface area contributed by atoms with Gasteiger partial charge < -0.3 is 4.42 Å². The highest BCUT2D eigenvalue weighted by molar-refractivity contribution is 6.27. The van der Waals surface area contributed by atoms with E-state index in [4.69, 9.17) is 5.79 Å². The third-order valence-corrected chi connectivity index (χ3v) is 10.0. The molecule has 9 aromatic carbocycles. The lowest BCUT2D eigenvalue weighted by molar-refractivity contribution is 0.670. The molecule has 0 spiro atoms. The molecule has 228 valence electrons. The molecular formula is C48H30O. The molecule has 1 heteroatoms. The molecule has 0 fully saturated rings. The van der Waals surface area contributed by atoms with Gasteiger partial charge in [-0.2, -0.15) is 0 Å². The summed E-state index contributed by atoms with van der Waals surface area (Å²) in [6.45, 7) is 0. The molecule has 0 aliphatic heterocycles. The summed E-state index contributed by atoms with van der Waals surface area (Å²) in [5.41, 5.74) is 11.2. The molecule has 0 amide bonds. The van der Waals surface area contributed by atoms with E-state index >= 15 is 0 Å². The number of benzene rings is 9. The fourth-order valence-corrected chi connectivity index (χ4v) is 7.84. The first-order chi connectivity index (χ1) is 24.7. The van der Waals surface area contributed by atoms with Crippen LogP contribution < -0.4 is 0 Å². The summed E-state index contributed by atoms with van der Waals surface area (Å²) in [7, 11) is 0. The first kappa shape index (κ1) is 26.6. The highest BCUT2D eigenvalue weighted by Crippen LogP contribution is 2.49. The van der Waals surface area contributed by atoms with Crippen molar-refractivity contribution < 1.29 is 5.79 Å². The molecule has 0 aliphatic carbocycles. The van der Waals surface area contributed by atoms with Crippen LogP contribution in [-0.4, -0.2) is 0 Å².